The van der Waals surface area contributed by atoms with E-state index < -0.39 is 11.3 Å². The molecule has 4 amide bonds. The second kappa shape index (κ2) is 11.0. The number of para-hydroxylation sites is 1. The second-order valence-corrected chi connectivity index (χ2v) is 11.4. The van der Waals surface area contributed by atoms with Crippen molar-refractivity contribution < 1.29 is 19.1 Å². The van der Waals surface area contributed by atoms with Crippen LogP contribution in [0.4, 0.5) is 16.2 Å². The first-order valence-corrected chi connectivity index (χ1v) is 14.6. The minimum absolute atomic E-state index is 0.0737. The number of urea groups is 1. The van der Waals surface area contributed by atoms with Gasteiger partial charge in [0.25, 0.3) is 0 Å². The first-order chi connectivity index (χ1) is 19.4. The maximum absolute atomic E-state index is 13.6. The largest absolute Gasteiger partial charge is 0.457 e. The Balaban J connectivity index is 1.22. The molecule has 0 radical (unpaired) electrons. The van der Waals surface area contributed by atoms with Gasteiger partial charge >= 0.3 is 6.03 Å². The predicted molar refractivity (Wildman–Crippen MR) is 153 cm³/mol. The number of hydrogen-bond acceptors (Lipinski definition) is 6. The minimum Gasteiger partial charge on any atom is -0.457 e. The van der Waals surface area contributed by atoms with Crippen molar-refractivity contribution in [2.24, 2.45) is 0 Å². The molecule has 0 aliphatic carbocycles. The number of carbonyl (C=O) groups is 3. The van der Waals surface area contributed by atoms with Gasteiger partial charge in [-0.2, -0.15) is 0 Å². The lowest BCUT2D eigenvalue weighted by molar-refractivity contribution is -0.131. The molecule has 0 spiro atoms. The highest BCUT2D eigenvalue weighted by Crippen LogP contribution is 2.51. The third-order valence-electron chi connectivity index (χ3n) is 7.39. The number of carbonyl (C=O) groups excluding carboxylic acids is 3. The van der Waals surface area contributed by atoms with Crippen LogP contribution in [-0.2, 0) is 9.59 Å². The standard InChI is InChI=1S/C29H28ClN5O4S/c1-17-14-20(39-19-7-3-2-4-8-19)9-10-21(17)35-22-11-12-31-28-24(22)25(33-29(35)38)26(40-28)27(37)32-18-6-5-13-34(16-18)23(36)15-30/h2-4,7-12,14,18,25-26H,5-6,13,15-16H2,1H3,(H,32,37)(H,33,38)/t18?,25?,26-/m1/s1. The summed E-state index contributed by atoms with van der Waals surface area (Å²) in [6, 6.07) is 15.9. The number of rotatable bonds is 6. The Morgan fingerprint density at radius 3 is 2.75 bits per heavy atom. The van der Waals surface area contributed by atoms with Crippen LogP contribution in [0.25, 0.3) is 0 Å². The number of pyridine rings is 1. The van der Waals surface area contributed by atoms with Gasteiger partial charge in [-0.15, -0.1) is 11.6 Å². The number of thioether (sulfide) groups is 1. The molecule has 206 valence electrons. The van der Waals surface area contributed by atoms with E-state index in [1.165, 1.54) is 11.8 Å². The maximum atomic E-state index is 13.6. The van der Waals surface area contributed by atoms with Crippen LogP contribution in [0.2, 0.25) is 0 Å². The van der Waals surface area contributed by atoms with Crippen molar-refractivity contribution in [1.29, 1.82) is 0 Å². The van der Waals surface area contributed by atoms with Gasteiger partial charge in [0.05, 0.1) is 17.4 Å². The van der Waals surface area contributed by atoms with Crippen molar-refractivity contribution in [3.05, 3.63) is 71.9 Å². The highest BCUT2D eigenvalue weighted by molar-refractivity contribution is 8.01. The molecule has 2 unspecified atom stereocenters. The lowest BCUT2D eigenvalue weighted by atomic mass is 9.98. The van der Waals surface area contributed by atoms with E-state index in [0.29, 0.717) is 30.2 Å². The summed E-state index contributed by atoms with van der Waals surface area (Å²) in [6.07, 6.45) is 3.24. The molecular weight excluding hydrogens is 550 g/mol. The van der Waals surface area contributed by atoms with Gasteiger partial charge in [-0.25, -0.2) is 9.78 Å². The molecule has 2 aromatic carbocycles. The van der Waals surface area contributed by atoms with E-state index in [4.69, 9.17) is 16.3 Å². The number of ether oxygens (including phenoxy) is 1. The number of nitrogens with zero attached hydrogens (tertiary/aromatic N) is 3. The predicted octanol–water partition coefficient (Wildman–Crippen LogP) is 4.91. The Morgan fingerprint density at radius 2 is 1.98 bits per heavy atom. The van der Waals surface area contributed by atoms with E-state index in [1.807, 2.05) is 61.5 Å². The van der Waals surface area contributed by atoms with Gasteiger partial charge in [0.2, 0.25) is 11.8 Å². The quantitative estimate of drug-likeness (QED) is 0.404. The molecular formula is C29H28ClN5O4S. The van der Waals surface area contributed by atoms with Crippen LogP contribution < -0.4 is 20.3 Å². The van der Waals surface area contributed by atoms with Gasteiger partial charge in [-0.1, -0.05) is 30.0 Å². The van der Waals surface area contributed by atoms with Gasteiger partial charge in [0.15, 0.2) is 0 Å². The molecule has 9 nitrogen and oxygen atoms in total. The van der Waals surface area contributed by atoms with Crippen LogP contribution in [-0.4, -0.2) is 58.0 Å². The third kappa shape index (κ3) is 4.97. The van der Waals surface area contributed by atoms with Crippen molar-refractivity contribution in [3.8, 4) is 11.5 Å². The lowest BCUT2D eigenvalue weighted by Gasteiger charge is -2.36. The van der Waals surface area contributed by atoms with Gasteiger partial charge < -0.3 is 20.3 Å². The summed E-state index contributed by atoms with van der Waals surface area (Å²) in [5.74, 6) is 1.01. The number of halogens is 1. The first-order valence-electron chi connectivity index (χ1n) is 13.2. The van der Waals surface area contributed by atoms with Crippen molar-refractivity contribution in [2.75, 3.05) is 23.9 Å². The highest BCUT2D eigenvalue weighted by Gasteiger charge is 2.47. The topological polar surface area (TPSA) is 104 Å². The monoisotopic (exact) mass is 577 g/mol. The summed E-state index contributed by atoms with van der Waals surface area (Å²) in [4.78, 5) is 46.9. The molecule has 3 aromatic rings. The summed E-state index contributed by atoms with van der Waals surface area (Å²) < 4.78 is 5.97. The number of benzene rings is 2. The Kier molecular flexibility index (Phi) is 7.29. The Hall–Kier alpha value is -3.76. The highest BCUT2D eigenvalue weighted by atomic mass is 35.5. The number of anilines is 2. The number of aromatic nitrogens is 1. The Labute approximate surface area is 241 Å². The fourth-order valence-electron chi connectivity index (χ4n) is 5.52. The number of nitrogens with one attached hydrogen (secondary N) is 2. The molecule has 3 aliphatic heterocycles. The van der Waals surface area contributed by atoms with E-state index in [2.05, 4.69) is 15.6 Å². The molecule has 1 aromatic heterocycles. The summed E-state index contributed by atoms with van der Waals surface area (Å²) in [6.45, 7) is 3.00. The molecule has 6 rings (SSSR count). The lowest BCUT2D eigenvalue weighted by Crippen LogP contribution is -2.54. The smallest absolute Gasteiger partial charge is 0.327 e. The van der Waals surface area contributed by atoms with Crippen molar-refractivity contribution >= 4 is 52.6 Å². The zero-order valence-corrected chi connectivity index (χ0v) is 23.4. The third-order valence-corrected chi connectivity index (χ3v) is 8.90. The number of hydrogen-bond donors (Lipinski definition) is 2. The zero-order valence-electron chi connectivity index (χ0n) is 21.8. The van der Waals surface area contributed by atoms with Crippen LogP contribution in [0.3, 0.4) is 0 Å². The number of likely N-dealkylation sites (tertiary alicyclic amines) is 1. The molecule has 40 heavy (non-hydrogen) atoms. The van der Waals surface area contributed by atoms with Crippen molar-refractivity contribution in [3.63, 3.8) is 0 Å². The van der Waals surface area contributed by atoms with Crippen LogP contribution in [0.5, 0.6) is 11.5 Å². The number of piperidine rings is 1. The van der Waals surface area contributed by atoms with Crippen LogP contribution in [0, 0.1) is 6.92 Å². The molecule has 11 heteroatoms. The van der Waals surface area contributed by atoms with Crippen molar-refractivity contribution in [2.45, 2.75) is 42.1 Å². The van der Waals surface area contributed by atoms with Crippen molar-refractivity contribution in [1.82, 2.24) is 20.5 Å². The zero-order chi connectivity index (χ0) is 27.8. The summed E-state index contributed by atoms with van der Waals surface area (Å²) in [5.41, 5.74) is 3.12. The number of amides is 4. The van der Waals surface area contributed by atoms with E-state index in [-0.39, 0.29) is 29.8 Å². The molecule has 0 bridgehead atoms. The summed E-state index contributed by atoms with van der Waals surface area (Å²) in [5, 5.41) is 6.31. The molecule has 0 saturated carbocycles. The molecule has 1 fully saturated rings. The first kappa shape index (κ1) is 26.5. The van der Waals surface area contributed by atoms with Crippen LogP contribution in [0.1, 0.15) is 30.0 Å². The number of alkyl halides is 1. The summed E-state index contributed by atoms with van der Waals surface area (Å²) in [7, 11) is 0. The summed E-state index contributed by atoms with van der Waals surface area (Å²) >= 11 is 7.09. The molecule has 4 heterocycles. The van der Waals surface area contributed by atoms with E-state index in [0.717, 1.165) is 34.7 Å². The Morgan fingerprint density at radius 1 is 1.15 bits per heavy atom. The normalized spacial score (nSPS) is 21.4. The van der Waals surface area contributed by atoms with Crippen LogP contribution >= 0.6 is 23.4 Å². The van der Waals surface area contributed by atoms with Gasteiger partial charge in [-0.05, 0) is 61.7 Å². The second-order valence-electron chi connectivity index (χ2n) is 10.0. The van der Waals surface area contributed by atoms with Gasteiger partial charge in [-0.3, -0.25) is 14.5 Å². The fraction of sp³-hybridized carbons (Fsp3) is 0.310. The SMILES string of the molecule is Cc1cc(Oc2ccccc2)ccc1N1C(=O)NC2c3c1ccnc3S[C@H]2C(=O)NC1CCCN(C(=O)CCl)C1. The minimum atomic E-state index is -0.573. The fourth-order valence-corrected chi connectivity index (χ4v) is 6.93. The maximum Gasteiger partial charge on any atom is 0.327 e. The molecule has 3 atom stereocenters. The van der Waals surface area contributed by atoms with Crippen LogP contribution in [0.15, 0.2) is 65.8 Å². The van der Waals surface area contributed by atoms with E-state index in [9.17, 15) is 14.4 Å². The molecule has 1 saturated heterocycles. The molecule has 3 aliphatic rings. The average molecular weight is 578 g/mol. The van der Waals surface area contributed by atoms with E-state index in [1.54, 1.807) is 16.0 Å². The molecule has 2 N–H and O–H groups in total. The van der Waals surface area contributed by atoms with Gasteiger partial charge in [0.1, 0.15) is 27.7 Å². The Bertz CT molecular complexity index is 1470. The van der Waals surface area contributed by atoms with Gasteiger partial charge in [0, 0.05) is 30.9 Å². The van der Waals surface area contributed by atoms with E-state index >= 15 is 0 Å². The number of aryl methyl sites for hydroxylation is 1. The average Bonchev–Trinajstić information content (AvgIpc) is 3.33.